The number of hydrogen-bond acceptors (Lipinski definition) is 3. The summed E-state index contributed by atoms with van der Waals surface area (Å²) in [5.74, 6) is 0.306. The Labute approximate surface area is 112 Å². The van der Waals surface area contributed by atoms with Crippen LogP contribution in [0.1, 0.15) is 30.1 Å². The van der Waals surface area contributed by atoms with Crippen molar-refractivity contribution < 1.29 is 9.59 Å². The van der Waals surface area contributed by atoms with E-state index in [9.17, 15) is 9.59 Å². The van der Waals surface area contributed by atoms with Crippen LogP contribution >= 0.6 is 0 Å². The summed E-state index contributed by atoms with van der Waals surface area (Å²) in [6, 6.07) is 6.84. The van der Waals surface area contributed by atoms with Crippen LogP contribution in [0.3, 0.4) is 0 Å². The predicted molar refractivity (Wildman–Crippen MR) is 73.8 cm³/mol. The highest BCUT2D eigenvalue weighted by Gasteiger charge is 2.28. The Hall–Kier alpha value is -1.88. The lowest BCUT2D eigenvalue weighted by Crippen LogP contribution is -2.38. The summed E-state index contributed by atoms with van der Waals surface area (Å²) in [4.78, 5) is 22.7. The molecule has 0 aliphatic heterocycles. The molecule has 2 amide bonds. The van der Waals surface area contributed by atoms with Crippen molar-refractivity contribution >= 4 is 17.5 Å². The van der Waals surface area contributed by atoms with Gasteiger partial charge in [0, 0.05) is 30.8 Å². The molecule has 2 rings (SSSR count). The highest BCUT2D eigenvalue weighted by Crippen LogP contribution is 2.31. The van der Waals surface area contributed by atoms with Crippen LogP contribution < -0.4 is 16.4 Å². The fourth-order valence-corrected chi connectivity index (χ4v) is 1.91. The summed E-state index contributed by atoms with van der Waals surface area (Å²) in [6.07, 6.45) is 2.34. The molecular formula is C14H19N3O2. The number of nitrogens with one attached hydrogen (secondary N) is 2. The summed E-state index contributed by atoms with van der Waals surface area (Å²) in [5.41, 5.74) is 7.17. The van der Waals surface area contributed by atoms with E-state index in [4.69, 9.17) is 5.73 Å². The molecule has 1 aromatic rings. The standard InChI is InChI=1S/C14H19N3O2/c1-9(18)17-12-6-4-11(5-7-12)14(19)16-8-13(15)10-2-3-10/h4-7,10,13H,2-3,8,15H2,1H3,(H,16,19)(H,17,18). The molecule has 5 nitrogen and oxygen atoms in total. The third-order valence-electron chi connectivity index (χ3n) is 3.19. The van der Waals surface area contributed by atoms with Gasteiger partial charge in [0.15, 0.2) is 0 Å². The molecule has 19 heavy (non-hydrogen) atoms. The first-order chi connectivity index (χ1) is 9.06. The smallest absolute Gasteiger partial charge is 0.251 e. The van der Waals surface area contributed by atoms with Gasteiger partial charge in [0.25, 0.3) is 5.91 Å². The van der Waals surface area contributed by atoms with Gasteiger partial charge in [-0.1, -0.05) is 0 Å². The number of rotatable bonds is 5. The lowest BCUT2D eigenvalue weighted by molar-refractivity contribution is -0.114. The highest BCUT2D eigenvalue weighted by atomic mass is 16.2. The molecule has 1 fully saturated rings. The SMILES string of the molecule is CC(=O)Nc1ccc(C(=O)NCC(N)C2CC2)cc1. The van der Waals surface area contributed by atoms with E-state index in [0.717, 1.165) is 0 Å². The molecule has 0 bridgehead atoms. The molecule has 0 aromatic heterocycles. The summed E-state index contributed by atoms with van der Waals surface area (Å²) in [7, 11) is 0. The van der Waals surface area contributed by atoms with Gasteiger partial charge in [-0.15, -0.1) is 0 Å². The fourth-order valence-electron chi connectivity index (χ4n) is 1.91. The van der Waals surface area contributed by atoms with Crippen LogP contribution in [-0.2, 0) is 4.79 Å². The van der Waals surface area contributed by atoms with Gasteiger partial charge >= 0.3 is 0 Å². The molecule has 1 aliphatic rings. The second kappa shape index (κ2) is 5.84. The lowest BCUT2D eigenvalue weighted by atomic mass is 10.1. The van der Waals surface area contributed by atoms with Gasteiger partial charge in [-0.2, -0.15) is 0 Å². The van der Waals surface area contributed by atoms with E-state index in [1.54, 1.807) is 24.3 Å². The second-order valence-corrected chi connectivity index (χ2v) is 4.97. The van der Waals surface area contributed by atoms with E-state index < -0.39 is 0 Å². The third-order valence-corrected chi connectivity index (χ3v) is 3.19. The average Bonchev–Trinajstić information content (AvgIpc) is 3.20. The largest absolute Gasteiger partial charge is 0.350 e. The zero-order valence-electron chi connectivity index (χ0n) is 11.0. The van der Waals surface area contributed by atoms with Crippen LogP contribution in [0.2, 0.25) is 0 Å². The fraction of sp³-hybridized carbons (Fsp3) is 0.429. The van der Waals surface area contributed by atoms with E-state index in [1.807, 2.05) is 0 Å². The topological polar surface area (TPSA) is 84.2 Å². The summed E-state index contributed by atoms with van der Waals surface area (Å²) in [6.45, 7) is 1.96. The highest BCUT2D eigenvalue weighted by molar-refractivity contribution is 5.95. The third kappa shape index (κ3) is 4.06. The molecule has 1 aliphatic carbocycles. The van der Waals surface area contributed by atoms with Gasteiger partial charge in [0.05, 0.1) is 0 Å². The van der Waals surface area contributed by atoms with Crippen molar-refractivity contribution in [2.24, 2.45) is 11.7 Å². The van der Waals surface area contributed by atoms with Crippen LogP contribution in [0.25, 0.3) is 0 Å². The van der Waals surface area contributed by atoms with Crippen molar-refractivity contribution in [1.29, 1.82) is 0 Å². The Balaban J connectivity index is 1.86. The molecule has 102 valence electrons. The first kappa shape index (κ1) is 13.5. The molecule has 0 heterocycles. The number of nitrogens with two attached hydrogens (primary N) is 1. The minimum absolute atomic E-state index is 0.0580. The van der Waals surface area contributed by atoms with Crippen molar-refractivity contribution in [3.05, 3.63) is 29.8 Å². The Kier molecular flexibility index (Phi) is 4.16. The molecule has 5 heteroatoms. The van der Waals surface area contributed by atoms with Crippen molar-refractivity contribution in [3.8, 4) is 0 Å². The number of hydrogen-bond donors (Lipinski definition) is 3. The zero-order chi connectivity index (χ0) is 13.8. The normalized spacial score (nSPS) is 15.7. The number of carbonyl (C=O) groups excluding carboxylic acids is 2. The molecule has 0 spiro atoms. The van der Waals surface area contributed by atoms with E-state index in [0.29, 0.717) is 23.7 Å². The Morgan fingerprint density at radius 3 is 2.47 bits per heavy atom. The van der Waals surface area contributed by atoms with Gasteiger partial charge in [-0.25, -0.2) is 0 Å². The first-order valence-electron chi connectivity index (χ1n) is 6.47. The van der Waals surface area contributed by atoms with Crippen molar-refractivity contribution in [3.63, 3.8) is 0 Å². The Morgan fingerprint density at radius 1 is 1.32 bits per heavy atom. The Morgan fingerprint density at radius 2 is 1.95 bits per heavy atom. The van der Waals surface area contributed by atoms with E-state index in [1.165, 1.54) is 19.8 Å². The second-order valence-electron chi connectivity index (χ2n) is 4.97. The maximum atomic E-state index is 11.9. The molecule has 0 saturated heterocycles. The molecule has 0 radical (unpaired) electrons. The molecule has 1 aromatic carbocycles. The predicted octanol–water partition coefficient (Wildman–Crippen LogP) is 1.11. The van der Waals surface area contributed by atoms with Crippen molar-refractivity contribution in [2.45, 2.75) is 25.8 Å². The number of anilines is 1. The molecule has 1 unspecified atom stereocenters. The number of benzene rings is 1. The van der Waals surface area contributed by atoms with Crippen LogP contribution in [0, 0.1) is 5.92 Å². The maximum Gasteiger partial charge on any atom is 0.251 e. The Bertz CT molecular complexity index is 466. The van der Waals surface area contributed by atoms with Crippen LogP contribution in [-0.4, -0.2) is 24.4 Å². The summed E-state index contributed by atoms with van der Waals surface area (Å²) >= 11 is 0. The van der Waals surface area contributed by atoms with Crippen molar-refractivity contribution in [2.75, 3.05) is 11.9 Å². The summed E-state index contributed by atoms with van der Waals surface area (Å²) < 4.78 is 0. The van der Waals surface area contributed by atoms with Gasteiger partial charge in [0.2, 0.25) is 5.91 Å². The van der Waals surface area contributed by atoms with E-state index in [2.05, 4.69) is 10.6 Å². The van der Waals surface area contributed by atoms with Crippen LogP contribution in [0.5, 0.6) is 0 Å². The van der Waals surface area contributed by atoms with E-state index >= 15 is 0 Å². The number of amides is 2. The quantitative estimate of drug-likeness (QED) is 0.742. The van der Waals surface area contributed by atoms with E-state index in [-0.39, 0.29) is 17.9 Å². The van der Waals surface area contributed by atoms with Gasteiger partial charge in [-0.3, -0.25) is 9.59 Å². The summed E-state index contributed by atoms with van der Waals surface area (Å²) in [5, 5.41) is 5.48. The van der Waals surface area contributed by atoms with Crippen LogP contribution in [0.4, 0.5) is 5.69 Å². The monoisotopic (exact) mass is 261 g/mol. The maximum absolute atomic E-state index is 11.9. The number of carbonyl (C=O) groups is 2. The zero-order valence-corrected chi connectivity index (χ0v) is 11.0. The van der Waals surface area contributed by atoms with Gasteiger partial charge in [0.1, 0.15) is 0 Å². The van der Waals surface area contributed by atoms with Gasteiger partial charge in [-0.05, 0) is 43.0 Å². The van der Waals surface area contributed by atoms with Gasteiger partial charge < -0.3 is 16.4 Å². The van der Waals surface area contributed by atoms with Crippen molar-refractivity contribution in [1.82, 2.24) is 5.32 Å². The first-order valence-corrected chi connectivity index (χ1v) is 6.47. The average molecular weight is 261 g/mol. The van der Waals surface area contributed by atoms with Crippen LogP contribution in [0.15, 0.2) is 24.3 Å². The molecule has 1 atom stereocenters. The molecular weight excluding hydrogens is 242 g/mol. The lowest BCUT2D eigenvalue weighted by Gasteiger charge is -2.11. The molecule has 1 saturated carbocycles. The minimum Gasteiger partial charge on any atom is -0.350 e. The minimum atomic E-state index is -0.134. The molecule has 4 N–H and O–H groups in total.